The van der Waals surface area contributed by atoms with Gasteiger partial charge in [-0.05, 0) is 30.4 Å². The van der Waals surface area contributed by atoms with E-state index < -0.39 is 5.82 Å². The molecule has 1 aromatic rings. The Kier molecular flexibility index (Phi) is 5.45. The minimum absolute atomic E-state index is 0.0893. The van der Waals surface area contributed by atoms with Gasteiger partial charge in [-0.15, -0.1) is 0 Å². The Morgan fingerprint density at radius 2 is 2.25 bits per heavy atom. The van der Waals surface area contributed by atoms with Crippen molar-refractivity contribution in [1.82, 2.24) is 4.90 Å². The van der Waals surface area contributed by atoms with Gasteiger partial charge in [0, 0.05) is 24.4 Å². The van der Waals surface area contributed by atoms with Crippen molar-refractivity contribution >= 4 is 17.7 Å². The van der Waals surface area contributed by atoms with Crippen molar-refractivity contribution in [3.8, 4) is 11.8 Å². The standard InChI is InChI=1S/C15H16FNO2S/c16-14-11-12(3-1-8-18)4-5-13(14)15(19)17-6-2-9-20-10-7-17/h4-5,11,18H,2,6-10H2. The number of carbonyl (C=O) groups excluding carboxylic acids is 1. The third-order valence-electron chi connectivity index (χ3n) is 3.02. The van der Waals surface area contributed by atoms with Gasteiger partial charge in [0.2, 0.25) is 0 Å². The zero-order chi connectivity index (χ0) is 14.4. The van der Waals surface area contributed by atoms with Crippen LogP contribution in [0.1, 0.15) is 22.3 Å². The summed E-state index contributed by atoms with van der Waals surface area (Å²) in [7, 11) is 0. The quantitative estimate of drug-likeness (QED) is 0.802. The number of carbonyl (C=O) groups is 1. The van der Waals surface area contributed by atoms with Gasteiger partial charge >= 0.3 is 0 Å². The van der Waals surface area contributed by atoms with Crippen LogP contribution in [0.3, 0.4) is 0 Å². The first-order valence-electron chi connectivity index (χ1n) is 6.48. The largest absolute Gasteiger partial charge is 0.384 e. The normalized spacial score (nSPS) is 15.2. The number of amides is 1. The summed E-state index contributed by atoms with van der Waals surface area (Å²) in [5, 5.41) is 8.61. The number of aliphatic hydroxyl groups excluding tert-OH is 1. The molecule has 0 aliphatic carbocycles. The average molecular weight is 293 g/mol. The molecule has 106 valence electrons. The van der Waals surface area contributed by atoms with Crippen LogP contribution < -0.4 is 0 Å². The lowest BCUT2D eigenvalue weighted by molar-refractivity contribution is 0.0764. The molecule has 0 bridgehead atoms. The van der Waals surface area contributed by atoms with Crippen LogP contribution in [-0.2, 0) is 0 Å². The number of hydrogen-bond acceptors (Lipinski definition) is 3. The molecular formula is C15H16FNO2S. The smallest absolute Gasteiger partial charge is 0.256 e. The molecule has 0 aromatic heterocycles. The fraction of sp³-hybridized carbons (Fsp3) is 0.400. The van der Waals surface area contributed by atoms with E-state index in [4.69, 9.17) is 5.11 Å². The van der Waals surface area contributed by atoms with Crippen LogP contribution in [0.4, 0.5) is 4.39 Å². The van der Waals surface area contributed by atoms with E-state index in [2.05, 4.69) is 11.8 Å². The van der Waals surface area contributed by atoms with Crippen molar-refractivity contribution < 1.29 is 14.3 Å². The van der Waals surface area contributed by atoms with E-state index in [1.54, 1.807) is 11.0 Å². The first kappa shape index (κ1) is 14.9. The average Bonchev–Trinajstić information content (AvgIpc) is 2.73. The number of aliphatic hydroxyl groups is 1. The maximum atomic E-state index is 14.0. The molecule has 1 amide bonds. The van der Waals surface area contributed by atoms with Crippen molar-refractivity contribution in [1.29, 1.82) is 0 Å². The first-order chi connectivity index (χ1) is 9.72. The van der Waals surface area contributed by atoms with Gasteiger partial charge in [-0.3, -0.25) is 4.79 Å². The van der Waals surface area contributed by atoms with Gasteiger partial charge in [-0.2, -0.15) is 11.8 Å². The number of hydrogen-bond donors (Lipinski definition) is 1. The third kappa shape index (κ3) is 3.75. The fourth-order valence-corrected chi connectivity index (χ4v) is 2.91. The summed E-state index contributed by atoms with van der Waals surface area (Å²) in [6, 6.07) is 4.31. The van der Waals surface area contributed by atoms with Crippen molar-refractivity contribution in [2.75, 3.05) is 31.2 Å². The lowest BCUT2D eigenvalue weighted by atomic mass is 10.1. The Hall–Kier alpha value is -1.51. The topological polar surface area (TPSA) is 40.5 Å². The van der Waals surface area contributed by atoms with Gasteiger partial charge in [0.05, 0.1) is 5.56 Å². The maximum absolute atomic E-state index is 14.0. The Morgan fingerprint density at radius 1 is 1.40 bits per heavy atom. The van der Waals surface area contributed by atoms with Gasteiger partial charge in [0.1, 0.15) is 12.4 Å². The number of nitrogens with zero attached hydrogens (tertiary/aromatic N) is 1. The lowest BCUT2D eigenvalue weighted by Crippen LogP contribution is -2.33. The highest BCUT2D eigenvalue weighted by atomic mass is 32.2. The second kappa shape index (κ2) is 7.32. The molecular weight excluding hydrogens is 277 g/mol. The van der Waals surface area contributed by atoms with Crippen LogP contribution in [0.2, 0.25) is 0 Å². The van der Waals surface area contributed by atoms with E-state index in [-0.39, 0.29) is 18.1 Å². The summed E-state index contributed by atoms with van der Waals surface area (Å²) >= 11 is 1.82. The van der Waals surface area contributed by atoms with Crippen LogP contribution in [0, 0.1) is 17.7 Å². The molecule has 1 heterocycles. The summed E-state index contributed by atoms with van der Waals surface area (Å²) in [4.78, 5) is 14.0. The third-order valence-corrected chi connectivity index (χ3v) is 4.07. The lowest BCUT2D eigenvalue weighted by Gasteiger charge is -2.20. The summed E-state index contributed by atoms with van der Waals surface area (Å²) in [6.45, 7) is 1.07. The molecule has 0 radical (unpaired) electrons. The van der Waals surface area contributed by atoms with Gasteiger partial charge in [0.25, 0.3) is 5.91 Å². The number of halogens is 1. The maximum Gasteiger partial charge on any atom is 0.256 e. The Morgan fingerprint density at radius 3 is 3.00 bits per heavy atom. The molecule has 1 saturated heterocycles. The molecule has 0 spiro atoms. The van der Waals surface area contributed by atoms with Crippen LogP contribution in [-0.4, -0.2) is 47.1 Å². The van der Waals surface area contributed by atoms with E-state index in [9.17, 15) is 9.18 Å². The van der Waals surface area contributed by atoms with E-state index in [1.807, 2.05) is 11.8 Å². The van der Waals surface area contributed by atoms with Crippen molar-refractivity contribution in [3.63, 3.8) is 0 Å². The SMILES string of the molecule is O=C(c1ccc(C#CCO)cc1F)N1CCCSCC1. The molecule has 1 N–H and O–H groups in total. The molecule has 1 fully saturated rings. The molecule has 1 aromatic carbocycles. The summed E-state index contributed by atoms with van der Waals surface area (Å²) in [5.41, 5.74) is 0.547. The van der Waals surface area contributed by atoms with E-state index in [0.717, 1.165) is 17.9 Å². The predicted molar refractivity (Wildman–Crippen MR) is 78.2 cm³/mol. The van der Waals surface area contributed by atoms with Crippen LogP contribution in [0.25, 0.3) is 0 Å². The summed E-state index contributed by atoms with van der Waals surface area (Å²) < 4.78 is 14.0. The van der Waals surface area contributed by atoms with E-state index in [0.29, 0.717) is 18.7 Å². The van der Waals surface area contributed by atoms with Crippen LogP contribution >= 0.6 is 11.8 Å². The molecule has 2 rings (SSSR count). The second-order valence-corrected chi connectivity index (χ2v) is 5.64. The Bertz CT molecular complexity index is 543. The zero-order valence-corrected chi connectivity index (χ0v) is 11.9. The van der Waals surface area contributed by atoms with Gasteiger partial charge in [-0.1, -0.05) is 11.8 Å². The minimum atomic E-state index is -0.559. The first-order valence-corrected chi connectivity index (χ1v) is 7.64. The van der Waals surface area contributed by atoms with Gasteiger partial charge in [0.15, 0.2) is 0 Å². The van der Waals surface area contributed by atoms with Gasteiger partial charge in [-0.25, -0.2) is 4.39 Å². The van der Waals surface area contributed by atoms with Crippen LogP contribution in [0.15, 0.2) is 18.2 Å². The van der Waals surface area contributed by atoms with Gasteiger partial charge < -0.3 is 10.0 Å². The van der Waals surface area contributed by atoms with Crippen LogP contribution in [0.5, 0.6) is 0 Å². The minimum Gasteiger partial charge on any atom is -0.384 e. The number of rotatable bonds is 1. The zero-order valence-electron chi connectivity index (χ0n) is 11.1. The van der Waals surface area contributed by atoms with Crippen molar-refractivity contribution in [3.05, 3.63) is 35.1 Å². The summed E-state index contributed by atoms with van der Waals surface area (Å²) in [5.74, 6) is 6.20. The predicted octanol–water partition coefficient (Wildman–Crippen LogP) is 1.75. The Balaban J connectivity index is 2.17. The van der Waals surface area contributed by atoms with E-state index >= 15 is 0 Å². The number of benzene rings is 1. The molecule has 0 unspecified atom stereocenters. The highest BCUT2D eigenvalue weighted by Gasteiger charge is 2.20. The highest BCUT2D eigenvalue weighted by molar-refractivity contribution is 7.99. The Labute approximate surface area is 122 Å². The van der Waals surface area contributed by atoms with Crippen molar-refractivity contribution in [2.24, 2.45) is 0 Å². The second-order valence-electron chi connectivity index (χ2n) is 4.41. The molecule has 0 atom stereocenters. The molecule has 20 heavy (non-hydrogen) atoms. The molecule has 1 aliphatic heterocycles. The van der Waals surface area contributed by atoms with E-state index in [1.165, 1.54) is 12.1 Å². The molecule has 0 saturated carbocycles. The molecule has 5 heteroatoms. The fourth-order valence-electron chi connectivity index (χ4n) is 2.03. The summed E-state index contributed by atoms with van der Waals surface area (Å²) in [6.07, 6.45) is 0.943. The molecule has 1 aliphatic rings. The van der Waals surface area contributed by atoms with Crippen molar-refractivity contribution in [2.45, 2.75) is 6.42 Å². The monoisotopic (exact) mass is 293 g/mol. The highest BCUT2D eigenvalue weighted by Crippen LogP contribution is 2.16. The molecule has 3 nitrogen and oxygen atoms in total. The number of thioether (sulfide) groups is 1.